The van der Waals surface area contributed by atoms with Crippen molar-refractivity contribution in [3.8, 4) is 0 Å². The zero-order chi connectivity index (χ0) is 26.0. The number of nitrogens with one attached hydrogen (secondary N) is 2. The average molecular weight is 485 g/mol. The molecule has 2 unspecified atom stereocenters. The van der Waals surface area contributed by atoms with E-state index in [1.165, 1.54) is 0 Å². The van der Waals surface area contributed by atoms with Crippen LogP contribution in [0.2, 0.25) is 0 Å². The van der Waals surface area contributed by atoms with Crippen molar-refractivity contribution in [2.45, 2.75) is 58.0 Å². The van der Waals surface area contributed by atoms with Crippen molar-refractivity contribution in [1.82, 2.24) is 20.4 Å². The van der Waals surface area contributed by atoms with Crippen LogP contribution >= 0.6 is 0 Å². The first-order valence-electron chi connectivity index (χ1n) is 12.4. The first-order chi connectivity index (χ1) is 16.7. The van der Waals surface area contributed by atoms with E-state index in [0.29, 0.717) is 37.9 Å². The minimum Gasteiger partial charge on any atom is -0.350 e. The number of carbonyl (C=O) groups excluding carboxylic acids is 4. The molecule has 1 aliphatic rings. The summed E-state index contributed by atoms with van der Waals surface area (Å²) in [6.45, 7) is 6.83. The average Bonchev–Trinajstić information content (AvgIpc) is 3.35. The summed E-state index contributed by atoms with van der Waals surface area (Å²) in [6, 6.07) is 9.25. The van der Waals surface area contributed by atoms with E-state index in [2.05, 4.69) is 10.6 Å². The predicted octanol–water partition coefficient (Wildman–Crippen LogP) is 2.12. The number of Topliss-reactive ketones (excluding diaryl/α,β-unsaturated/α-hetero) is 1. The lowest BCUT2D eigenvalue weighted by Crippen LogP contribution is -2.44. The van der Waals surface area contributed by atoms with Crippen molar-refractivity contribution in [3.63, 3.8) is 0 Å². The van der Waals surface area contributed by atoms with E-state index in [4.69, 9.17) is 0 Å². The maximum Gasteiger partial charge on any atom is 0.249 e. The van der Waals surface area contributed by atoms with E-state index in [0.717, 1.165) is 12.0 Å². The summed E-state index contributed by atoms with van der Waals surface area (Å²) >= 11 is 0. The molecule has 0 spiro atoms. The molecule has 1 heterocycles. The van der Waals surface area contributed by atoms with Gasteiger partial charge in [-0.15, -0.1) is 0 Å². The van der Waals surface area contributed by atoms with Gasteiger partial charge in [0, 0.05) is 38.0 Å². The second-order valence-corrected chi connectivity index (χ2v) is 9.58. The van der Waals surface area contributed by atoms with Crippen LogP contribution in [0, 0.1) is 5.92 Å². The molecule has 0 aliphatic carbocycles. The number of likely N-dealkylation sites (N-methyl/N-ethyl adjacent to an activating group) is 2. The first-order valence-corrected chi connectivity index (χ1v) is 12.4. The first kappa shape index (κ1) is 28.2. The summed E-state index contributed by atoms with van der Waals surface area (Å²) in [5, 5.41) is 5.57. The maximum atomic E-state index is 13.4. The van der Waals surface area contributed by atoms with Gasteiger partial charge < -0.3 is 20.4 Å². The molecule has 1 aromatic carbocycles. The SMILES string of the molecule is CNCC(CC(=O)[C@@H]1CCCN1C(=O)C(C)=CC(C(C)C)N(C)C(=O)CNC=O)c1ccccc1. The molecule has 1 aromatic rings. The molecule has 3 amide bonds. The number of carbonyl (C=O) groups is 4. The molecule has 8 nitrogen and oxygen atoms in total. The summed E-state index contributed by atoms with van der Waals surface area (Å²) in [5.74, 6) is -0.207. The Bertz CT molecular complexity index is 900. The molecule has 2 rings (SSSR count). The quantitative estimate of drug-likeness (QED) is 0.330. The Morgan fingerprint density at radius 3 is 2.49 bits per heavy atom. The van der Waals surface area contributed by atoms with E-state index in [-0.39, 0.29) is 42.0 Å². The van der Waals surface area contributed by atoms with Crippen LogP contribution in [-0.2, 0) is 19.2 Å². The molecule has 1 aliphatic heterocycles. The summed E-state index contributed by atoms with van der Waals surface area (Å²) in [6.07, 6.45) is 4.13. The van der Waals surface area contributed by atoms with Gasteiger partial charge in [0.05, 0.1) is 18.6 Å². The van der Waals surface area contributed by atoms with Gasteiger partial charge in [-0.1, -0.05) is 50.3 Å². The van der Waals surface area contributed by atoms with Gasteiger partial charge in [-0.25, -0.2) is 0 Å². The summed E-state index contributed by atoms with van der Waals surface area (Å²) in [4.78, 5) is 52.9. The summed E-state index contributed by atoms with van der Waals surface area (Å²) in [5.41, 5.74) is 1.62. The molecule has 0 aromatic heterocycles. The Balaban J connectivity index is 2.15. The van der Waals surface area contributed by atoms with Crippen LogP contribution in [0.3, 0.4) is 0 Å². The Labute approximate surface area is 209 Å². The molecule has 1 saturated heterocycles. The van der Waals surface area contributed by atoms with Crippen LogP contribution in [-0.4, -0.2) is 79.6 Å². The molecule has 0 saturated carbocycles. The number of amides is 3. The van der Waals surface area contributed by atoms with Gasteiger partial charge in [0.25, 0.3) is 0 Å². The molecular weight excluding hydrogens is 444 g/mol. The highest BCUT2D eigenvalue weighted by molar-refractivity contribution is 5.97. The van der Waals surface area contributed by atoms with E-state index >= 15 is 0 Å². The molecule has 0 bridgehead atoms. The zero-order valence-electron chi connectivity index (χ0n) is 21.6. The number of nitrogens with zero attached hydrogens (tertiary/aromatic N) is 2. The van der Waals surface area contributed by atoms with Crippen molar-refractivity contribution >= 4 is 24.0 Å². The Morgan fingerprint density at radius 1 is 1.20 bits per heavy atom. The molecule has 35 heavy (non-hydrogen) atoms. The third-order valence-electron chi connectivity index (χ3n) is 6.67. The Hall–Kier alpha value is -3.00. The van der Waals surface area contributed by atoms with Crippen molar-refractivity contribution in [1.29, 1.82) is 0 Å². The minimum absolute atomic E-state index is 0.0489. The largest absolute Gasteiger partial charge is 0.350 e. The molecule has 1 fully saturated rings. The number of rotatable bonds is 13. The lowest BCUT2D eigenvalue weighted by molar-refractivity contribution is -0.135. The molecular formula is C27H40N4O4. The van der Waals surface area contributed by atoms with Crippen LogP contribution in [0.5, 0.6) is 0 Å². The highest BCUT2D eigenvalue weighted by atomic mass is 16.2. The molecule has 192 valence electrons. The number of benzene rings is 1. The summed E-state index contributed by atoms with van der Waals surface area (Å²) in [7, 11) is 3.54. The fraction of sp³-hybridized carbons (Fsp3) is 0.556. The van der Waals surface area contributed by atoms with Crippen LogP contribution in [0.15, 0.2) is 42.0 Å². The second kappa shape index (κ2) is 13.8. The molecule has 3 atom stereocenters. The summed E-state index contributed by atoms with van der Waals surface area (Å²) < 4.78 is 0. The van der Waals surface area contributed by atoms with Gasteiger partial charge in [0.15, 0.2) is 5.78 Å². The van der Waals surface area contributed by atoms with Gasteiger partial charge in [0.1, 0.15) is 0 Å². The van der Waals surface area contributed by atoms with E-state index < -0.39 is 6.04 Å². The van der Waals surface area contributed by atoms with Gasteiger partial charge in [0.2, 0.25) is 18.2 Å². The van der Waals surface area contributed by atoms with Crippen molar-refractivity contribution in [3.05, 3.63) is 47.5 Å². The zero-order valence-corrected chi connectivity index (χ0v) is 21.6. The van der Waals surface area contributed by atoms with Crippen molar-refractivity contribution in [2.75, 3.05) is 33.7 Å². The van der Waals surface area contributed by atoms with Crippen molar-refractivity contribution in [2.24, 2.45) is 5.92 Å². The van der Waals surface area contributed by atoms with E-state index in [1.807, 2.05) is 51.2 Å². The molecule has 8 heteroatoms. The number of hydrogen-bond acceptors (Lipinski definition) is 5. The van der Waals surface area contributed by atoms with Gasteiger partial charge in [-0.2, -0.15) is 0 Å². The smallest absolute Gasteiger partial charge is 0.249 e. The normalized spacial score (nSPS) is 17.7. The van der Waals surface area contributed by atoms with Crippen LogP contribution in [0.25, 0.3) is 0 Å². The van der Waals surface area contributed by atoms with Gasteiger partial charge in [-0.3, -0.25) is 19.2 Å². The highest BCUT2D eigenvalue weighted by Gasteiger charge is 2.35. The number of ketones is 1. The predicted molar refractivity (Wildman–Crippen MR) is 137 cm³/mol. The second-order valence-electron chi connectivity index (χ2n) is 9.58. The third-order valence-corrected chi connectivity index (χ3v) is 6.67. The van der Waals surface area contributed by atoms with E-state index in [9.17, 15) is 19.2 Å². The van der Waals surface area contributed by atoms with Crippen LogP contribution in [0.1, 0.15) is 51.5 Å². The number of hydrogen-bond donors (Lipinski definition) is 2. The van der Waals surface area contributed by atoms with Crippen molar-refractivity contribution < 1.29 is 19.2 Å². The monoisotopic (exact) mass is 484 g/mol. The lowest BCUT2D eigenvalue weighted by atomic mass is 9.90. The maximum absolute atomic E-state index is 13.4. The number of likely N-dealkylation sites (tertiary alicyclic amines) is 1. The lowest BCUT2D eigenvalue weighted by Gasteiger charge is -2.30. The molecule has 0 radical (unpaired) electrons. The topological polar surface area (TPSA) is 98.8 Å². The van der Waals surface area contributed by atoms with Crippen LogP contribution in [0.4, 0.5) is 0 Å². The van der Waals surface area contributed by atoms with E-state index in [1.54, 1.807) is 29.8 Å². The fourth-order valence-corrected chi connectivity index (χ4v) is 4.73. The Morgan fingerprint density at radius 2 is 1.89 bits per heavy atom. The highest BCUT2D eigenvalue weighted by Crippen LogP contribution is 2.27. The van der Waals surface area contributed by atoms with Gasteiger partial charge in [-0.05, 0) is 38.3 Å². The minimum atomic E-state index is -0.428. The van der Waals surface area contributed by atoms with Crippen LogP contribution < -0.4 is 10.6 Å². The van der Waals surface area contributed by atoms with Gasteiger partial charge >= 0.3 is 0 Å². The standard InChI is InChI=1S/C27H40N4O4/c1-19(2)24(30(5)26(34)17-29-18-32)14-20(3)27(35)31-13-9-12-23(31)25(33)15-22(16-28-4)21-10-7-6-8-11-21/h6-8,10-11,14,18-19,22-24,28H,9,12-13,15-17H2,1-5H3,(H,29,32)/t22?,23-,24?/m0/s1. The third kappa shape index (κ3) is 7.75. The molecule has 2 N–H and O–H groups in total. The fourth-order valence-electron chi connectivity index (χ4n) is 4.73. The Kier molecular flexibility index (Phi) is 11.1.